The first-order valence-corrected chi connectivity index (χ1v) is 6.11. The fraction of sp³-hybridized carbons (Fsp3) is 0.385. The maximum atomic E-state index is 11.5. The van der Waals surface area contributed by atoms with Gasteiger partial charge in [-0.1, -0.05) is 13.8 Å². The maximum absolute atomic E-state index is 11.5. The van der Waals surface area contributed by atoms with Gasteiger partial charge in [0.15, 0.2) is 0 Å². The number of rotatable bonds is 2. The summed E-state index contributed by atoms with van der Waals surface area (Å²) in [6.45, 7) is 5.64. The molecule has 1 aromatic rings. The molecule has 1 heterocycles. The second-order valence-electron chi connectivity index (χ2n) is 3.85. The summed E-state index contributed by atoms with van der Waals surface area (Å²) in [7, 11) is 0. The van der Waals surface area contributed by atoms with Crippen LogP contribution in [0, 0.1) is 17.0 Å². The van der Waals surface area contributed by atoms with Gasteiger partial charge in [0.2, 0.25) is 11.8 Å². The van der Waals surface area contributed by atoms with Crippen LogP contribution in [0.5, 0.6) is 0 Å². The van der Waals surface area contributed by atoms with Crippen LogP contribution in [0.2, 0.25) is 0 Å². The molecule has 19 heavy (non-hydrogen) atoms. The van der Waals surface area contributed by atoms with Crippen LogP contribution in [0.15, 0.2) is 18.2 Å². The number of benzene rings is 1. The summed E-state index contributed by atoms with van der Waals surface area (Å²) in [6, 6.07) is 4.09. The van der Waals surface area contributed by atoms with Crippen molar-refractivity contribution in [3.63, 3.8) is 0 Å². The standard InChI is InChI=1S/C11H10N2O4.C2H6/c1-7-6-8(13(16)17)2-3-9(7)12-10(14)4-5-11(12)15;1-2/h2-3,6H,4-5H2,1H3;1-2H3. The second-order valence-corrected chi connectivity index (χ2v) is 3.85. The number of carbonyl (C=O) groups excluding carboxylic acids is 2. The smallest absolute Gasteiger partial charge is 0.269 e. The highest BCUT2D eigenvalue weighted by molar-refractivity contribution is 6.20. The zero-order valence-electron chi connectivity index (χ0n) is 11.2. The third kappa shape index (κ3) is 2.96. The Hall–Kier alpha value is -2.24. The number of nitrogens with zero attached hydrogens (tertiary/aromatic N) is 2. The number of anilines is 1. The molecule has 0 unspecified atom stereocenters. The monoisotopic (exact) mass is 264 g/mol. The van der Waals surface area contributed by atoms with Gasteiger partial charge in [-0.15, -0.1) is 0 Å². The van der Waals surface area contributed by atoms with E-state index in [1.165, 1.54) is 18.2 Å². The molecule has 0 aromatic heterocycles. The molecule has 6 heteroatoms. The summed E-state index contributed by atoms with van der Waals surface area (Å²) in [5, 5.41) is 10.6. The number of hydrogen-bond acceptors (Lipinski definition) is 4. The zero-order chi connectivity index (χ0) is 14.6. The Labute approximate surface area is 111 Å². The molecule has 1 aromatic carbocycles. The quantitative estimate of drug-likeness (QED) is 0.467. The molecule has 1 saturated heterocycles. The molecule has 0 N–H and O–H groups in total. The van der Waals surface area contributed by atoms with E-state index in [1.54, 1.807) is 6.92 Å². The Morgan fingerprint density at radius 1 is 1.16 bits per heavy atom. The summed E-state index contributed by atoms with van der Waals surface area (Å²) in [6.07, 6.45) is 0.407. The third-order valence-corrected chi connectivity index (χ3v) is 2.68. The highest BCUT2D eigenvalue weighted by atomic mass is 16.6. The lowest BCUT2D eigenvalue weighted by atomic mass is 10.1. The summed E-state index contributed by atoms with van der Waals surface area (Å²) >= 11 is 0. The third-order valence-electron chi connectivity index (χ3n) is 2.68. The summed E-state index contributed by atoms with van der Waals surface area (Å²) in [4.78, 5) is 34.2. The Balaban J connectivity index is 0.000000861. The molecule has 1 aliphatic heterocycles. The van der Waals surface area contributed by atoms with Gasteiger partial charge in [0.1, 0.15) is 0 Å². The second kappa shape index (κ2) is 6.08. The van der Waals surface area contributed by atoms with Crippen molar-refractivity contribution in [1.29, 1.82) is 0 Å². The van der Waals surface area contributed by atoms with E-state index in [-0.39, 0.29) is 30.3 Å². The van der Waals surface area contributed by atoms with E-state index in [2.05, 4.69) is 0 Å². The predicted octanol–water partition coefficient (Wildman–Crippen LogP) is 2.58. The van der Waals surface area contributed by atoms with Crippen LogP contribution in [-0.2, 0) is 9.59 Å². The highest BCUT2D eigenvalue weighted by Crippen LogP contribution is 2.28. The van der Waals surface area contributed by atoms with E-state index in [1.807, 2.05) is 13.8 Å². The van der Waals surface area contributed by atoms with Crippen LogP contribution in [0.4, 0.5) is 11.4 Å². The number of carbonyl (C=O) groups is 2. The van der Waals surface area contributed by atoms with Gasteiger partial charge in [0.05, 0.1) is 10.6 Å². The van der Waals surface area contributed by atoms with E-state index >= 15 is 0 Å². The van der Waals surface area contributed by atoms with Crippen molar-refractivity contribution < 1.29 is 14.5 Å². The number of hydrogen-bond donors (Lipinski definition) is 0. The Bertz CT molecular complexity index is 509. The Morgan fingerprint density at radius 3 is 2.11 bits per heavy atom. The van der Waals surface area contributed by atoms with Gasteiger partial charge in [-0.3, -0.25) is 24.6 Å². The Morgan fingerprint density at radius 2 is 1.68 bits per heavy atom. The van der Waals surface area contributed by atoms with Crippen molar-refractivity contribution in [3.05, 3.63) is 33.9 Å². The molecule has 2 amide bonds. The largest absolute Gasteiger partial charge is 0.274 e. The van der Waals surface area contributed by atoms with Crippen LogP contribution in [0.3, 0.4) is 0 Å². The van der Waals surface area contributed by atoms with Gasteiger partial charge < -0.3 is 0 Å². The van der Waals surface area contributed by atoms with Crippen molar-refractivity contribution >= 4 is 23.2 Å². The van der Waals surface area contributed by atoms with Gasteiger partial charge in [-0.2, -0.15) is 0 Å². The van der Waals surface area contributed by atoms with Crippen molar-refractivity contribution in [1.82, 2.24) is 0 Å². The van der Waals surface area contributed by atoms with Gasteiger partial charge in [0, 0.05) is 25.0 Å². The van der Waals surface area contributed by atoms with Gasteiger partial charge >= 0.3 is 0 Å². The number of amides is 2. The molecule has 0 bridgehead atoms. The topological polar surface area (TPSA) is 80.5 Å². The molecule has 1 aliphatic rings. The van der Waals surface area contributed by atoms with E-state index in [9.17, 15) is 19.7 Å². The molecule has 0 atom stereocenters. The lowest BCUT2D eigenvalue weighted by molar-refractivity contribution is -0.384. The van der Waals surface area contributed by atoms with E-state index < -0.39 is 4.92 Å². The SMILES string of the molecule is CC.Cc1cc([N+](=O)[O-])ccc1N1C(=O)CCC1=O. The predicted molar refractivity (Wildman–Crippen MR) is 70.9 cm³/mol. The van der Waals surface area contributed by atoms with Crippen LogP contribution in [0.25, 0.3) is 0 Å². The number of nitro benzene ring substituents is 1. The molecule has 1 fully saturated rings. The molecule has 102 valence electrons. The normalized spacial score (nSPS) is 14.2. The van der Waals surface area contributed by atoms with Crippen LogP contribution in [-0.4, -0.2) is 16.7 Å². The number of nitro groups is 1. The highest BCUT2D eigenvalue weighted by Gasteiger charge is 2.31. The van der Waals surface area contributed by atoms with Crippen LogP contribution < -0.4 is 4.90 Å². The number of aryl methyl sites for hydroxylation is 1. The van der Waals surface area contributed by atoms with Gasteiger partial charge in [-0.25, -0.2) is 0 Å². The van der Waals surface area contributed by atoms with Gasteiger partial charge in [-0.05, 0) is 18.6 Å². The summed E-state index contributed by atoms with van der Waals surface area (Å²) in [5.74, 6) is -0.515. The van der Waals surface area contributed by atoms with Crippen molar-refractivity contribution in [2.45, 2.75) is 33.6 Å². The first kappa shape index (κ1) is 14.8. The van der Waals surface area contributed by atoms with E-state index in [0.717, 1.165) is 4.90 Å². The molecule has 0 aliphatic carbocycles. The van der Waals surface area contributed by atoms with E-state index in [0.29, 0.717) is 11.3 Å². The van der Waals surface area contributed by atoms with Gasteiger partial charge in [0.25, 0.3) is 5.69 Å². The average molecular weight is 264 g/mol. The summed E-state index contributed by atoms with van der Waals surface area (Å²) < 4.78 is 0. The number of non-ortho nitro benzene ring substituents is 1. The van der Waals surface area contributed by atoms with E-state index in [4.69, 9.17) is 0 Å². The molecule has 2 rings (SSSR count). The van der Waals surface area contributed by atoms with Crippen molar-refractivity contribution in [3.8, 4) is 0 Å². The minimum absolute atomic E-state index is 0.0506. The minimum Gasteiger partial charge on any atom is -0.274 e. The fourth-order valence-electron chi connectivity index (χ4n) is 1.85. The van der Waals surface area contributed by atoms with Crippen molar-refractivity contribution in [2.24, 2.45) is 0 Å². The lowest BCUT2D eigenvalue weighted by Crippen LogP contribution is -2.29. The first-order valence-electron chi connectivity index (χ1n) is 6.11. The minimum atomic E-state index is -0.510. The molecule has 0 spiro atoms. The maximum Gasteiger partial charge on any atom is 0.269 e. The average Bonchev–Trinajstić information content (AvgIpc) is 2.72. The number of imide groups is 1. The van der Waals surface area contributed by atoms with Crippen molar-refractivity contribution in [2.75, 3.05) is 4.90 Å². The first-order chi connectivity index (χ1) is 9.00. The Kier molecular flexibility index (Phi) is 4.74. The molecule has 0 radical (unpaired) electrons. The lowest BCUT2D eigenvalue weighted by Gasteiger charge is -2.15. The van der Waals surface area contributed by atoms with Crippen LogP contribution in [0.1, 0.15) is 32.3 Å². The molecular weight excluding hydrogens is 248 g/mol. The van der Waals surface area contributed by atoms with Crippen LogP contribution >= 0.6 is 0 Å². The molecule has 0 saturated carbocycles. The molecule has 6 nitrogen and oxygen atoms in total. The zero-order valence-corrected chi connectivity index (χ0v) is 11.2. The summed E-state index contributed by atoms with van der Waals surface area (Å²) in [5.41, 5.74) is 0.927. The molecular formula is C13H16N2O4. The fourth-order valence-corrected chi connectivity index (χ4v) is 1.85.